The third-order valence-electron chi connectivity index (χ3n) is 2.02. The van der Waals surface area contributed by atoms with Crippen molar-refractivity contribution in [3.05, 3.63) is 11.6 Å². The van der Waals surface area contributed by atoms with Gasteiger partial charge < -0.3 is 9.47 Å². The van der Waals surface area contributed by atoms with E-state index >= 15 is 0 Å². The Bertz CT molecular complexity index is 219. The second-order valence-corrected chi connectivity index (χ2v) is 3.96. The number of carbonyl (C=O) groups excluding carboxylic acids is 1. The van der Waals surface area contributed by atoms with Crippen molar-refractivity contribution in [2.45, 2.75) is 53.1 Å². The summed E-state index contributed by atoms with van der Waals surface area (Å²) in [4.78, 5) is 11.7. The largest absolute Gasteiger partial charge is 0.460 e. The Kier molecular flexibility index (Phi) is 8.91. The maximum atomic E-state index is 11.7. The summed E-state index contributed by atoms with van der Waals surface area (Å²) in [7, 11) is 0. The molecule has 0 aromatic rings. The number of esters is 1. The Balaban J connectivity index is 4.27. The van der Waals surface area contributed by atoms with Crippen molar-refractivity contribution >= 4 is 5.97 Å². The average molecular weight is 228 g/mol. The SMILES string of the molecule is CCCCC=C(COCC)C(=O)OC(C)C. The Hall–Kier alpha value is -0.830. The smallest absolute Gasteiger partial charge is 0.336 e. The molecule has 0 saturated heterocycles. The first-order valence-electron chi connectivity index (χ1n) is 6.09. The molecule has 0 N–H and O–H groups in total. The number of hydrogen-bond acceptors (Lipinski definition) is 3. The van der Waals surface area contributed by atoms with Gasteiger partial charge in [-0.3, -0.25) is 0 Å². The molecule has 0 amide bonds. The first-order valence-corrected chi connectivity index (χ1v) is 6.09. The lowest BCUT2D eigenvalue weighted by molar-refractivity contribution is -0.143. The van der Waals surface area contributed by atoms with Gasteiger partial charge in [0, 0.05) is 6.61 Å². The van der Waals surface area contributed by atoms with Crippen molar-refractivity contribution in [3.8, 4) is 0 Å². The van der Waals surface area contributed by atoms with Crippen LogP contribution in [0.3, 0.4) is 0 Å². The molecule has 0 spiro atoms. The van der Waals surface area contributed by atoms with Gasteiger partial charge in [-0.1, -0.05) is 25.8 Å². The van der Waals surface area contributed by atoms with E-state index in [0.29, 0.717) is 18.8 Å². The molecular formula is C13H24O3. The molecule has 0 aromatic carbocycles. The summed E-state index contributed by atoms with van der Waals surface area (Å²) in [5.74, 6) is -0.250. The van der Waals surface area contributed by atoms with Crippen LogP contribution in [0, 0.1) is 0 Å². The molecule has 0 fully saturated rings. The van der Waals surface area contributed by atoms with E-state index in [9.17, 15) is 4.79 Å². The van der Waals surface area contributed by atoms with E-state index in [0.717, 1.165) is 19.3 Å². The van der Waals surface area contributed by atoms with Gasteiger partial charge in [-0.25, -0.2) is 4.79 Å². The number of carbonyl (C=O) groups is 1. The van der Waals surface area contributed by atoms with E-state index in [2.05, 4.69) is 6.92 Å². The number of ether oxygens (including phenoxy) is 2. The molecule has 94 valence electrons. The Morgan fingerprint density at radius 2 is 2.00 bits per heavy atom. The summed E-state index contributed by atoms with van der Waals surface area (Å²) in [5.41, 5.74) is 0.643. The third-order valence-corrected chi connectivity index (χ3v) is 2.02. The van der Waals surface area contributed by atoms with Crippen LogP contribution in [0.5, 0.6) is 0 Å². The molecule has 3 nitrogen and oxygen atoms in total. The van der Waals surface area contributed by atoms with Crippen molar-refractivity contribution in [1.82, 2.24) is 0 Å². The lowest BCUT2D eigenvalue weighted by Gasteiger charge is -2.11. The molecule has 0 bridgehead atoms. The maximum Gasteiger partial charge on any atom is 0.336 e. The molecular weight excluding hydrogens is 204 g/mol. The summed E-state index contributed by atoms with van der Waals surface area (Å²) >= 11 is 0. The van der Waals surface area contributed by atoms with E-state index in [4.69, 9.17) is 9.47 Å². The zero-order chi connectivity index (χ0) is 12.4. The molecule has 0 aromatic heterocycles. The second-order valence-electron chi connectivity index (χ2n) is 3.96. The zero-order valence-electron chi connectivity index (χ0n) is 10.9. The van der Waals surface area contributed by atoms with Crippen LogP contribution in [-0.2, 0) is 14.3 Å². The van der Waals surface area contributed by atoms with E-state index in [1.54, 1.807) is 0 Å². The predicted molar refractivity (Wildman–Crippen MR) is 65.3 cm³/mol. The fourth-order valence-corrected chi connectivity index (χ4v) is 1.18. The fraction of sp³-hybridized carbons (Fsp3) is 0.769. The van der Waals surface area contributed by atoms with Crippen molar-refractivity contribution in [2.24, 2.45) is 0 Å². The average Bonchev–Trinajstić information content (AvgIpc) is 2.22. The molecule has 16 heavy (non-hydrogen) atoms. The number of rotatable bonds is 8. The van der Waals surface area contributed by atoms with E-state index in [1.807, 2.05) is 26.8 Å². The van der Waals surface area contributed by atoms with Gasteiger partial charge in [-0.2, -0.15) is 0 Å². The molecule has 3 heteroatoms. The molecule has 0 unspecified atom stereocenters. The van der Waals surface area contributed by atoms with Gasteiger partial charge in [-0.05, 0) is 27.2 Å². The lowest BCUT2D eigenvalue weighted by Crippen LogP contribution is -2.17. The number of unbranched alkanes of at least 4 members (excludes halogenated alkanes) is 2. The second kappa shape index (κ2) is 9.40. The minimum atomic E-state index is -0.250. The highest BCUT2D eigenvalue weighted by atomic mass is 16.5. The zero-order valence-corrected chi connectivity index (χ0v) is 10.9. The molecule has 0 atom stereocenters. The maximum absolute atomic E-state index is 11.7. The van der Waals surface area contributed by atoms with Crippen LogP contribution in [0.4, 0.5) is 0 Å². The van der Waals surface area contributed by atoms with Crippen molar-refractivity contribution < 1.29 is 14.3 Å². The van der Waals surface area contributed by atoms with Crippen LogP contribution in [-0.4, -0.2) is 25.3 Å². The minimum Gasteiger partial charge on any atom is -0.460 e. The van der Waals surface area contributed by atoms with Gasteiger partial charge in [0.25, 0.3) is 0 Å². The molecule has 0 aliphatic rings. The summed E-state index contributed by atoms with van der Waals surface area (Å²) in [6.07, 6.45) is 4.97. The number of hydrogen-bond donors (Lipinski definition) is 0. The molecule has 0 radical (unpaired) electrons. The topological polar surface area (TPSA) is 35.5 Å². The van der Waals surface area contributed by atoms with Crippen LogP contribution < -0.4 is 0 Å². The van der Waals surface area contributed by atoms with E-state index < -0.39 is 0 Å². The predicted octanol–water partition coefficient (Wildman–Crippen LogP) is 3.09. The first-order chi connectivity index (χ1) is 7.61. The van der Waals surface area contributed by atoms with Gasteiger partial charge in [0.1, 0.15) is 0 Å². The summed E-state index contributed by atoms with van der Waals surface area (Å²) in [5, 5.41) is 0. The van der Waals surface area contributed by atoms with Gasteiger partial charge in [0.05, 0.1) is 18.3 Å². The Labute approximate surface area is 98.8 Å². The minimum absolute atomic E-state index is 0.0799. The highest BCUT2D eigenvalue weighted by molar-refractivity contribution is 5.88. The van der Waals surface area contributed by atoms with Crippen LogP contribution in [0.25, 0.3) is 0 Å². The molecule has 0 rings (SSSR count). The van der Waals surface area contributed by atoms with Gasteiger partial charge in [0.15, 0.2) is 0 Å². The van der Waals surface area contributed by atoms with Gasteiger partial charge in [0.2, 0.25) is 0 Å². The highest BCUT2D eigenvalue weighted by Crippen LogP contribution is 2.06. The standard InChI is InChI=1S/C13H24O3/c1-5-7-8-9-12(10-15-6-2)13(14)16-11(3)4/h9,11H,5-8,10H2,1-4H3. The molecule has 0 heterocycles. The Morgan fingerprint density at radius 1 is 1.31 bits per heavy atom. The van der Waals surface area contributed by atoms with Gasteiger partial charge in [-0.15, -0.1) is 0 Å². The van der Waals surface area contributed by atoms with Crippen molar-refractivity contribution in [2.75, 3.05) is 13.2 Å². The highest BCUT2D eigenvalue weighted by Gasteiger charge is 2.12. The van der Waals surface area contributed by atoms with Crippen LogP contribution >= 0.6 is 0 Å². The van der Waals surface area contributed by atoms with Gasteiger partial charge >= 0.3 is 5.97 Å². The fourth-order valence-electron chi connectivity index (χ4n) is 1.18. The van der Waals surface area contributed by atoms with Crippen LogP contribution in [0.15, 0.2) is 11.6 Å². The van der Waals surface area contributed by atoms with Crippen molar-refractivity contribution in [1.29, 1.82) is 0 Å². The summed E-state index contributed by atoms with van der Waals surface area (Å²) in [6, 6.07) is 0. The third kappa shape index (κ3) is 7.46. The Morgan fingerprint density at radius 3 is 2.50 bits per heavy atom. The lowest BCUT2D eigenvalue weighted by atomic mass is 10.2. The van der Waals surface area contributed by atoms with Crippen LogP contribution in [0.2, 0.25) is 0 Å². The van der Waals surface area contributed by atoms with Crippen LogP contribution in [0.1, 0.15) is 47.0 Å². The van der Waals surface area contributed by atoms with E-state index in [1.165, 1.54) is 0 Å². The van der Waals surface area contributed by atoms with Crippen molar-refractivity contribution in [3.63, 3.8) is 0 Å². The monoisotopic (exact) mass is 228 g/mol. The van der Waals surface area contributed by atoms with E-state index in [-0.39, 0.29) is 12.1 Å². The summed E-state index contributed by atoms with van der Waals surface area (Å²) < 4.78 is 10.4. The normalized spacial score (nSPS) is 11.9. The number of allylic oxidation sites excluding steroid dienone is 1. The summed E-state index contributed by atoms with van der Waals surface area (Å²) in [6.45, 7) is 8.70. The molecule has 0 aliphatic heterocycles. The molecule has 0 saturated carbocycles. The molecule has 0 aliphatic carbocycles. The quantitative estimate of drug-likeness (QED) is 0.364. The first kappa shape index (κ1) is 15.2.